The second kappa shape index (κ2) is 10.7. The van der Waals surface area contributed by atoms with Crippen molar-refractivity contribution in [3.8, 4) is 11.5 Å². The number of benzene rings is 1. The van der Waals surface area contributed by atoms with Crippen molar-refractivity contribution in [2.24, 2.45) is 4.99 Å². The van der Waals surface area contributed by atoms with Crippen LogP contribution in [0.3, 0.4) is 0 Å². The quantitative estimate of drug-likeness (QED) is 0.265. The van der Waals surface area contributed by atoms with E-state index in [0.717, 1.165) is 59.9 Å². The summed E-state index contributed by atoms with van der Waals surface area (Å²) < 4.78 is 13.2. The van der Waals surface area contributed by atoms with Crippen LogP contribution in [0.15, 0.2) is 28.3 Å². The molecule has 31 heavy (non-hydrogen) atoms. The van der Waals surface area contributed by atoms with E-state index in [1.54, 1.807) is 11.8 Å². The van der Waals surface area contributed by atoms with Gasteiger partial charge in [-0.3, -0.25) is 0 Å². The minimum atomic E-state index is 0.291. The summed E-state index contributed by atoms with van der Waals surface area (Å²) in [7, 11) is 0. The number of nitrogens with one attached hydrogen (secondary N) is 2. The van der Waals surface area contributed by atoms with Crippen molar-refractivity contribution in [1.82, 2.24) is 25.4 Å². The third kappa shape index (κ3) is 5.44. The summed E-state index contributed by atoms with van der Waals surface area (Å²) >= 11 is 1.69. The van der Waals surface area contributed by atoms with Gasteiger partial charge in [0.2, 0.25) is 6.79 Å². The molecule has 0 unspecified atom stereocenters. The number of aromatic nitrogens is 3. The lowest BCUT2D eigenvalue weighted by molar-refractivity contribution is 0.174. The van der Waals surface area contributed by atoms with E-state index in [4.69, 9.17) is 14.5 Å². The molecule has 1 fully saturated rings. The molecular formula is C22H32N6O2S. The van der Waals surface area contributed by atoms with E-state index >= 15 is 0 Å². The first-order chi connectivity index (χ1) is 15.3. The molecule has 0 atom stereocenters. The molecule has 1 saturated carbocycles. The molecule has 0 saturated heterocycles. The fourth-order valence-electron chi connectivity index (χ4n) is 4.15. The zero-order valence-electron chi connectivity index (χ0n) is 18.4. The largest absolute Gasteiger partial charge is 0.454 e. The molecule has 2 N–H and O–H groups in total. The van der Waals surface area contributed by atoms with E-state index in [1.807, 2.05) is 18.2 Å². The van der Waals surface area contributed by atoms with Gasteiger partial charge in [-0.25, -0.2) is 4.99 Å². The lowest BCUT2D eigenvalue weighted by atomic mass is 10.2. The molecule has 9 heteroatoms. The third-order valence-electron chi connectivity index (χ3n) is 5.68. The molecule has 0 spiro atoms. The summed E-state index contributed by atoms with van der Waals surface area (Å²) in [6.07, 6.45) is 9.08. The Hall–Kier alpha value is -2.42. The first-order valence-corrected chi connectivity index (χ1v) is 12.4. The number of aliphatic imine (C=N–C) groups is 1. The van der Waals surface area contributed by atoms with E-state index < -0.39 is 0 Å². The molecule has 0 radical (unpaired) electrons. The number of fused-ring (bicyclic) bond motifs is 1. The van der Waals surface area contributed by atoms with E-state index in [2.05, 4.69) is 38.6 Å². The summed E-state index contributed by atoms with van der Waals surface area (Å²) in [4.78, 5) is 4.71. The molecule has 4 rings (SSSR count). The molecule has 2 aromatic rings. The van der Waals surface area contributed by atoms with Crippen LogP contribution in [0.25, 0.3) is 0 Å². The number of guanidine groups is 1. The van der Waals surface area contributed by atoms with Crippen molar-refractivity contribution in [3.05, 3.63) is 29.6 Å². The van der Waals surface area contributed by atoms with Crippen molar-refractivity contribution in [2.75, 3.05) is 26.1 Å². The van der Waals surface area contributed by atoms with Gasteiger partial charge < -0.3 is 24.7 Å². The van der Waals surface area contributed by atoms with Gasteiger partial charge in [-0.05, 0) is 50.1 Å². The predicted molar refractivity (Wildman–Crippen MR) is 123 cm³/mol. The van der Waals surface area contributed by atoms with Gasteiger partial charge in [0.25, 0.3) is 0 Å². The molecule has 1 aliphatic carbocycles. The minimum absolute atomic E-state index is 0.291. The Bertz CT molecular complexity index is 894. The topological polar surface area (TPSA) is 85.6 Å². The summed E-state index contributed by atoms with van der Waals surface area (Å²) in [5.74, 6) is 3.53. The Morgan fingerprint density at radius 1 is 1.19 bits per heavy atom. The zero-order valence-corrected chi connectivity index (χ0v) is 19.2. The number of rotatable bonds is 9. The van der Waals surface area contributed by atoms with Crippen molar-refractivity contribution < 1.29 is 9.47 Å². The van der Waals surface area contributed by atoms with Crippen LogP contribution in [0.4, 0.5) is 0 Å². The van der Waals surface area contributed by atoms with E-state index in [1.165, 1.54) is 25.7 Å². The third-order valence-corrected chi connectivity index (χ3v) is 6.32. The fraction of sp³-hybridized carbons (Fsp3) is 0.591. The highest BCUT2D eigenvalue weighted by Gasteiger charge is 2.23. The Labute approximate surface area is 188 Å². The monoisotopic (exact) mass is 444 g/mol. The van der Waals surface area contributed by atoms with Gasteiger partial charge in [0, 0.05) is 25.6 Å². The van der Waals surface area contributed by atoms with Crippen LogP contribution in [-0.4, -0.2) is 46.9 Å². The Balaban J connectivity index is 1.30. The number of nitrogens with zero attached hydrogens (tertiary/aromatic N) is 4. The second-order valence-corrected chi connectivity index (χ2v) is 8.60. The molecule has 1 aliphatic heterocycles. The molecule has 1 aromatic carbocycles. The smallest absolute Gasteiger partial charge is 0.231 e. The maximum atomic E-state index is 5.45. The average molecular weight is 445 g/mol. The van der Waals surface area contributed by atoms with Gasteiger partial charge in [-0.1, -0.05) is 30.7 Å². The van der Waals surface area contributed by atoms with Crippen LogP contribution in [0.2, 0.25) is 0 Å². The minimum Gasteiger partial charge on any atom is -0.454 e. The highest BCUT2D eigenvalue weighted by atomic mass is 32.2. The Morgan fingerprint density at radius 3 is 2.84 bits per heavy atom. The van der Waals surface area contributed by atoms with Gasteiger partial charge in [0.05, 0.1) is 6.54 Å². The normalized spacial score (nSPS) is 16.1. The number of thioether (sulfide) groups is 1. The first kappa shape index (κ1) is 21.8. The number of aryl methyl sites for hydroxylation is 1. The van der Waals surface area contributed by atoms with E-state index in [0.29, 0.717) is 19.4 Å². The van der Waals surface area contributed by atoms with Crippen molar-refractivity contribution in [3.63, 3.8) is 0 Å². The lowest BCUT2D eigenvalue weighted by Crippen LogP contribution is -2.37. The molecule has 0 amide bonds. The lowest BCUT2D eigenvalue weighted by Gasteiger charge is -2.16. The standard InChI is InChI=1S/C22H32N6O2S/c1-3-23-21(25-14-16-10-11-18-19(13-16)30-15-29-18)24-12-6-9-20-26-27-22(31-2)28(20)17-7-4-5-8-17/h10-11,13,17H,3-9,12,14-15H2,1-2H3,(H2,23,24,25). The number of hydrogen-bond acceptors (Lipinski definition) is 6. The summed E-state index contributed by atoms with van der Waals surface area (Å²) in [6.45, 7) is 4.60. The number of ether oxygens (including phenoxy) is 2. The summed E-state index contributed by atoms with van der Waals surface area (Å²) in [5, 5.41) is 16.7. The number of hydrogen-bond donors (Lipinski definition) is 2. The molecule has 8 nitrogen and oxygen atoms in total. The predicted octanol–water partition coefficient (Wildman–Crippen LogP) is 3.53. The SMILES string of the molecule is CCNC(=NCc1ccc2c(c1)OCO2)NCCCc1nnc(SC)n1C1CCCC1. The van der Waals surface area contributed by atoms with Gasteiger partial charge >= 0.3 is 0 Å². The van der Waals surface area contributed by atoms with Crippen LogP contribution in [0.1, 0.15) is 56.5 Å². The van der Waals surface area contributed by atoms with Gasteiger partial charge in [-0.15, -0.1) is 10.2 Å². The van der Waals surface area contributed by atoms with Crippen LogP contribution in [-0.2, 0) is 13.0 Å². The van der Waals surface area contributed by atoms with Crippen LogP contribution in [0, 0.1) is 0 Å². The van der Waals surface area contributed by atoms with Crippen molar-refractivity contribution in [2.45, 2.75) is 63.2 Å². The maximum absolute atomic E-state index is 5.45. The van der Waals surface area contributed by atoms with E-state index in [9.17, 15) is 0 Å². The maximum Gasteiger partial charge on any atom is 0.231 e. The second-order valence-electron chi connectivity index (χ2n) is 7.82. The van der Waals surface area contributed by atoms with Gasteiger partial charge in [0.1, 0.15) is 5.82 Å². The summed E-state index contributed by atoms with van der Waals surface area (Å²) in [6, 6.07) is 6.53. The average Bonchev–Trinajstić information content (AvgIpc) is 3.54. The fourth-order valence-corrected chi connectivity index (χ4v) is 4.72. The van der Waals surface area contributed by atoms with Crippen LogP contribution in [0.5, 0.6) is 11.5 Å². The van der Waals surface area contributed by atoms with Gasteiger partial charge in [-0.2, -0.15) is 0 Å². The van der Waals surface area contributed by atoms with Gasteiger partial charge in [0.15, 0.2) is 22.6 Å². The Morgan fingerprint density at radius 2 is 2.03 bits per heavy atom. The molecule has 2 aliphatic rings. The molecule has 1 aromatic heterocycles. The van der Waals surface area contributed by atoms with E-state index in [-0.39, 0.29) is 0 Å². The van der Waals surface area contributed by atoms with Crippen LogP contribution >= 0.6 is 11.8 Å². The van der Waals surface area contributed by atoms with Crippen molar-refractivity contribution >= 4 is 17.7 Å². The highest BCUT2D eigenvalue weighted by Crippen LogP contribution is 2.34. The zero-order chi connectivity index (χ0) is 21.5. The highest BCUT2D eigenvalue weighted by molar-refractivity contribution is 7.98. The molecular weight excluding hydrogens is 412 g/mol. The Kier molecular flexibility index (Phi) is 7.56. The summed E-state index contributed by atoms with van der Waals surface area (Å²) in [5.41, 5.74) is 1.09. The van der Waals surface area contributed by atoms with Crippen LogP contribution < -0.4 is 20.1 Å². The molecule has 2 heterocycles. The van der Waals surface area contributed by atoms with Crippen molar-refractivity contribution in [1.29, 1.82) is 0 Å². The molecule has 0 bridgehead atoms. The molecule has 168 valence electrons. The first-order valence-electron chi connectivity index (χ1n) is 11.2.